The minimum Gasteiger partial charge on any atom is -0.465 e. The number of hydrazone groups is 1. The molecule has 5 nitrogen and oxygen atoms in total. The van der Waals surface area contributed by atoms with Crippen molar-refractivity contribution in [1.82, 2.24) is 10.3 Å². The summed E-state index contributed by atoms with van der Waals surface area (Å²) in [6.45, 7) is 0. The summed E-state index contributed by atoms with van der Waals surface area (Å²) >= 11 is 4.82. The Balaban J connectivity index is 3.98. The van der Waals surface area contributed by atoms with Gasteiger partial charge in [-0.05, 0) is 12.2 Å². The van der Waals surface area contributed by atoms with Crippen molar-refractivity contribution in [1.29, 1.82) is 0 Å². The first-order valence-electron chi connectivity index (χ1n) is 3.19. The maximum absolute atomic E-state index is 10.6. The SMILES string of the molecule is CNC(=S)N(C)/N=C/C(=O)OC. The summed E-state index contributed by atoms with van der Waals surface area (Å²) in [6.07, 6.45) is 1.05. The average molecular weight is 189 g/mol. The number of rotatable bonds is 2. The van der Waals surface area contributed by atoms with E-state index in [1.807, 2.05) is 0 Å². The highest BCUT2D eigenvalue weighted by Crippen LogP contribution is 1.83. The topological polar surface area (TPSA) is 53.9 Å². The molecule has 0 amide bonds. The molecule has 0 bridgehead atoms. The fourth-order valence-corrected chi connectivity index (χ4v) is 0.448. The molecule has 0 aliphatic rings. The zero-order valence-corrected chi connectivity index (χ0v) is 8.01. The summed E-state index contributed by atoms with van der Waals surface area (Å²) in [5.41, 5.74) is 0. The number of hydrogen-bond acceptors (Lipinski definition) is 4. The Morgan fingerprint density at radius 3 is 2.75 bits per heavy atom. The third-order valence-electron chi connectivity index (χ3n) is 1.05. The zero-order valence-electron chi connectivity index (χ0n) is 7.20. The number of carbonyl (C=O) groups excluding carboxylic acids is 1. The molecule has 6 heteroatoms. The molecule has 1 N–H and O–H groups in total. The minimum atomic E-state index is -0.513. The van der Waals surface area contributed by atoms with Gasteiger partial charge in [0, 0.05) is 14.1 Å². The molecule has 68 valence electrons. The lowest BCUT2D eigenvalue weighted by molar-refractivity contribution is -0.132. The zero-order chi connectivity index (χ0) is 9.56. The Hall–Kier alpha value is -1.17. The number of hydrogen-bond donors (Lipinski definition) is 1. The van der Waals surface area contributed by atoms with E-state index in [0.717, 1.165) is 6.21 Å². The Morgan fingerprint density at radius 1 is 1.75 bits per heavy atom. The number of nitrogens with one attached hydrogen (secondary N) is 1. The van der Waals surface area contributed by atoms with Gasteiger partial charge in [0.05, 0.1) is 7.11 Å². The van der Waals surface area contributed by atoms with Crippen LogP contribution in [0.5, 0.6) is 0 Å². The predicted molar refractivity (Wildman–Crippen MR) is 49.9 cm³/mol. The van der Waals surface area contributed by atoms with Crippen LogP contribution in [0.1, 0.15) is 0 Å². The highest BCUT2D eigenvalue weighted by molar-refractivity contribution is 7.80. The van der Waals surface area contributed by atoms with Gasteiger partial charge in [0.1, 0.15) is 6.21 Å². The van der Waals surface area contributed by atoms with E-state index in [1.54, 1.807) is 14.1 Å². The molecular formula is C6H11N3O2S. The third-order valence-corrected chi connectivity index (χ3v) is 1.51. The van der Waals surface area contributed by atoms with Crippen molar-refractivity contribution in [3.8, 4) is 0 Å². The summed E-state index contributed by atoms with van der Waals surface area (Å²) in [5.74, 6) is -0.513. The summed E-state index contributed by atoms with van der Waals surface area (Å²) in [4.78, 5) is 10.6. The van der Waals surface area contributed by atoms with Gasteiger partial charge in [0.15, 0.2) is 5.11 Å². The van der Waals surface area contributed by atoms with Gasteiger partial charge >= 0.3 is 5.97 Å². The number of thiocarbonyl (C=S) groups is 1. The Kier molecular flexibility index (Phi) is 4.94. The third kappa shape index (κ3) is 3.87. The lowest BCUT2D eigenvalue weighted by atomic mass is 10.7. The summed E-state index contributed by atoms with van der Waals surface area (Å²) in [7, 11) is 4.58. The number of carbonyl (C=O) groups is 1. The first-order chi connectivity index (χ1) is 5.61. The second-order valence-corrected chi connectivity index (χ2v) is 2.23. The van der Waals surface area contributed by atoms with Crippen LogP contribution in [0.25, 0.3) is 0 Å². The van der Waals surface area contributed by atoms with E-state index < -0.39 is 5.97 Å². The van der Waals surface area contributed by atoms with Crippen molar-refractivity contribution in [3.63, 3.8) is 0 Å². The van der Waals surface area contributed by atoms with Gasteiger partial charge in [-0.2, -0.15) is 5.10 Å². The Labute approximate surface area is 76.4 Å². The molecule has 0 radical (unpaired) electrons. The van der Waals surface area contributed by atoms with E-state index in [2.05, 4.69) is 15.2 Å². The largest absolute Gasteiger partial charge is 0.465 e. The van der Waals surface area contributed by atoms with E-state index >= 15 is 0 Å². The average Bonchev–Trinajstić information content (AvgIpc) is 2.11. The molecule has 0 fully saturated rings. The predicted octanol–water partition coefficient (Wildman–Crippen LogP) is -0.419. The molecule has 0 saturated carbocycles. The van der Waals surface area contributed by atoms with Crippen molar-refractivity contribution in [2.24, 2.45) is 5.10 Å². The van der Waals surface area contributed by atoms with E-state index in [9.17, 15) is 4.79 Å². The summed E-state index contributed by atoms with van der Waals surface area (Å²) < 4.78 is 4.34. The molecule has 0 saturated heterocycles. The lowest BCUT2D eigenvalue weighted by Gasteiger charge is -2.11. The van der Waals surface area contributed by atoms with E-state index in [0.29, 0.717) is 5.11 Å². The van der Waals surface area contributed by atoms with Crippen LogP contribution in [0.3, 0.4) is 0 Å². The highest BCUT2D eigenvalue weighted by atomic mass is 32.1. The molecule has 0 rings (SSSR count). The number of methoxy groups -OCH3 is 1. The first kappa shape index (κ1) is 10.8. The van der Waals surface area contributed by atoms with Crippen LogP contribution in [0, 0.1) is 0 Å². The van der Waals surface area contributed by atoms with Crippen LogP contribution in [0.15, 0.2) is 5.10 Å². The molecule has 0 spiro atoms. The fourth-order valence-electron chi connectivity index (χ4n) is 0.401. The van der Waals surface area contributed by atoms with Gasteiger partial charge in [0.25, 0.3) is 0 Å². The number of ether oxygens (including phenoxy) is 1. The van der Waals surface area contributed by atoms with E-state index in [-0.39, 0.29) is 0 Å². The molecule has 0 atom stereocenters. The van der Waals surface area contributed by atoms with Gasteiger partial charge in [-0.15, -0.1) is 0 Å². The van der Waals surface area contributed by atoms with Crippen LogP contribution >= 0.6 is 12.2 Å². The van der Waals surface area contributed by atoms with Gasteiger partial charge < -0.3 is 10.1 Å². The van der Waals surface area contributed by atoms with Crippen molar-refractivity contribution < 1.29 is 9.53 Å². The Morgan fingerprint density at radius 2 is 2.33 bits per heavy atom. The quantitative estimate of drug-likeness (QED) is 0.277. The molecule has 0 aliphatic carbocycles. The monoisotopic (exact) mass is 189 g/mol. The first-order valence-corrected chi connectivity index (χ1v) is 3.60. The van der Waals surface area contributed by atoms with Gasteiger partial charge in [-0.1, -0.05) is 0 Å². The second-order valence-electron chi connectivity index (χ2n) is 1.85. The van der Waals surface area contributed by atoms with Gasteiger partial charge in [-0.3, -0.25) is 0 Å². The van der Waals surface area contributed by atoms with Crippen molar-refractivity contribution in [3.05, 3.63) is 0 Å². The van der Waals surface area contributed by atoms with Gasteiger partial charge in [0.2, 0.25) is 0 Å². The molecule has 0 aromatic rings. The Bertz CT molecular complexity index is 205. The molecule has 0 aliphatic heterocycles. The lowest BCUT2D eigenvalue weighted by Crippen LogP contribution is -2.31. The minimum absolute atomic E-state index is 0.426. The van der Waals surface area contributed by atoms with Crippen LogP contribution in [-0.4, -0.2) is 43.5 Å². The normalized spacial score (nSPS) is 9.58. The smallest absolute Gasteiger partial charge is 0.350 e. The van der Waals surface area contributed by atoms with Crippen LogP contribution in [0.4, 0.5) is 0 Å². The molecule has 0 aromatic heterocycles. The second kappa shape index (κ2) is 5.48. The maximum Gasteiger partial charge on any atom is 0.350 e. The molecule has 0 heterocycles. The van der Waals surface area contributed by atoms with E-state index in [4.69, 9.17) is 12.2 Å². The number of nitrogens with zero attached hydrogens (tertiary/aromatic N) is 2. The molecular weight excluding hydrogens is 178 g/mol. The molecule has 0 aromatic carbocycles. The van der Waals surface area contributed by atoms with Crippen LogP contribution < -0.4 is 5.32 Å². The van der Waals surface area contributed by atoms with Gasteiger partial charge in [-0.25, -0.2) is 9.80 Å². The van der Waals surface area contributed by atoms with Crippen molar-refractivity contribution in [2.75, 3.05) is 21.2 Å². The van der Waals surface area contributed by atoms with Crippen molar-refractivity contribution >= 4 is 29.5 Å². The molecule has 12 heavy (non-hydrogen) atoms. The van der Waals surface area contributed by atoms with Crippen LogP contribution in [0.2, 0.25) is 0 Å². The summed E-state index contributed by atoms with van der Waals surface area (Å²) in [6, 6.07) is 0. The highest BCUT2D eigenvalue weighted by Gasteiger charge is 1.98. The fraction of sp³-hybridized carbons (Fsp3) is 0.500. The standard InChI is InChI=1S/C6H11N3O2S/c1-7-6(12)9(2)8-4-5(10)11-3/h4H,1-3H3,(H,7,12)/b8-4+. The summed E-state index contributed by atoms with van der Waals surface area (Å²) in [5, 5.41) is 8.17. The van der Waals surface area contributed by atoms with Crippen LogP contribution in [-0.2, 0) is 9.53 Å². The molecule has 0 unspecified atom stereocenters. The van der Waals surface area contributed by atoms with Crippen molar-refractivity contribution in [2.45, 2.75) is 0 Å². The van der Waals surface area contributed by atoms with E-state index in [1.165, 1.54) is 12.1 Å². The number of esters is 1. The maximum atomic E-state index is 10.6.